The number of H-pyrrole nitrogens is 2. The van der Waals surface area contributed by atoms with E-state index in [1.165, 1.54) is 23.0 Å². The lowest BCUT2D eigenvalue weighted by Gasteiger charge is -2.07. The van der Waals surface area contributed by atoms with Crippen LogP contribution >= 0.6 is 34.8 Å². The third-order valence-corrected chi connectivity index (χ3v) is 5.04. The van der Waals surface area contributed by atoms with Crippen LogP contribution in [0.25, 0.3) is 16.7 Å². The van der Waals surface area contributed by atoms with Crippen LogP contribution in [0.4, 0.5) is 5.69 Å². The fraction of sp³-hybridized carbons (Fsp3) is 0.105. The molecule has 0 saturated carbocycles. The van der Waals surface area contributed by atoms with Gasteiger partial charge in [0.1, 0.15) is 11.5 Å². The van der Waals surface area contributed by atoms with Crippen molar-refractivity contribution in [2.75, 3.05) is 0 Å². The lowest BCUT2D eigenvalue weighted by molar-refractivity contribution is 0.835. The number of rotatable bonds is 3. The number of aliphatic imine (C=N–C) groups is 1. The van der Waals surface area contributed by atoms with Crippen molar-refractivity contribution in [1.82, 2.24) is 19.7 Å². The molecule has 0 radical (unpaired) electrons. The quantitative estimate of drug-likeness (QED) is 0.425. The SMILES string of the molecule is Cc1nc2ccc(N=Cc3c(C)[nH]n(-c4c(Cl)cc(Cl)cc4Cl)c3=O)cc2[nH]1. The number of nitrogens with zero attached hydrogens (tertiary/aromatic N) is 3. The molecule has 0 bridgehead atoms. The van der Waals surface area contributed by atoms with Crippen LogP contribution in [0.5, 0.6) is 0 Å². The molecule has 0 aliphatic heterocycles. The van der Waals surface area contributed by atoms with E-state index in [-0.39, 0.29) is 15.6 Å². The van der Waals surface area contributed by atoms with Crippen LogP contribution in [0, 0.1) is 13.8 Å². The maximum Gasteiger partial charge on any atom is 0.280 e. The van der Waals surface area contributed by atoms with Gasteiger partial charge in [-0.15, -0.1) is 0 Å². The van der Waals surface area contributed by atoms with Crippen molar-refractivity contribution < 1.29 is 0 Å². The number of aromatic nitrogens is 4. The topological polar surface area (TPSA) is 78.8 Å². The molecule has 9 heteroatoms. The molecule has 6 nitrogen and oxygen atoms in total. The van der Waals surface area contributed by atoms with Crippen LogP contribution in [0.15, 0.2) is 40.1 Å². The fourth-order valence-electron chi connectivity index (χ4n) is 2.96. The highest BCUT2D eigenvalue weighted by atomic mass is 35.5. The molecule has 0 aliphatic carbocycles. The normalized spacial score (nSPS) is 11.8. The largest absolute Gasteiger partial charge is 0.342 e. The summed E-state index contributed by atoms with van der Waals surface area (Å²) in [5, 5.41) is 3.91. The predicted octanol–water partition coefficient (Wildman–Crippen LogP) is 5.37. The summed E-state index contributed by atoms with van der Waals surface area (Å²) in [5.74, 6) is 0.831. The van der Waals surface area contributed by atoms with E-state index in [2.05, 4.69) is 20.1 Å². The average Bonchev–Trinajstić information content (AvgIpc) is 3.11. The highest BCUT2D eigenvalue weighted by Crippen LogP contribution is 2.31. The summed E-state index contributed by atoms with van der Waals surface area (Å²) < 4.78 is 1.29. The number of hydrogen-bond acceptors (Lipinski definition) is 3. The minimum atomic E-state index is -0.314. The Morgan fingerprint density at radius 2 is 1.82 bits per heavy atom. The van der Waals surface area contributed by atoms with Gasteiger partial charge in [-0.2, -0.15) is 0 Å². The van der Waals surface area contributed by atoms with Crippen molar-refractivity contribution in [3.05, 3.63) is 72.8 Å². The number of nitrogens with one attached hydrogen (secondary N) is 2. The number of imidazole rings is 1. The van der Waals surface area contributed by atoms with E-state index in [4.69, 9.17) is 34.8 Å². The Morgan fingerprint density at radius 1 is 1.11 bits per heavy atom. The molecule has 2 aromatic heterocycles. The van der Waals surface area contributed by atoms with E-state index in [0.29, 0.717) is 27.7 Å². The van der Waals surface area contributed by atoms with E-state index in [1.54, 1.807) is 6.92 Å². The van der Waals surface area contributed by atoms with Gasteiger partial charge in [0.15, 0.2) is 0 Å². The zero-order valence-electron chi connectivity index (χ0n) is 14.8. The zero-order valence-corrected chi connectivity index (χ0v) is 17.1. The van der Waals surface area contributed by atoms with Crippen molar-refractivity contribution in [1.29, 1.82) is 0 Å². The van der Waals surface area contributed by atoms with Gasteiger partial charge in [0.05, 0.1) is 32.3 Å². The molecule has 0 unspecified atom stereocenters. The van der Waals surface area contributed by atoms with Crippen LogP contribution in [-0.2, 0) is 0 Å². The molecule has 0 spiro atoms. The van der Waals surface area contributed by atoms with E-state index in [0.717, 1.165) is 16.9 Å². The van der Waals surface area contributed by atoms with E-state index in [1.807, 2.05) is 25.1 Å². The summed E-state index contributed by atoms with van der Waals surface area (Å²) in [6.07, 6.45) is 1.52. The number of fused-ring (bicyclic) bond motifs is 1. The van der Waals surface area contributed by atoms with Crippen molar-refractivity contribution in [3.63, 3.8) is 0 Å². The molecule has 0 aliphatic rings. The van der Waals surface area contributed by atoms with Crippen LogP contribution in [-0.4, -0.2) is 26.0 Å². The van der Waals surface area contributed by atoms with Crippen molar-refractivity contribution in [2.45, 2.75) is 13.8 Å². The van der Waals surface area contributed by atoms with Crippen LogP contribution < -0.4 is 5.56 Å². The summed E-state index contributed by atoms with van der Waals surface area (Å²) in [4.78, 5) is 24.8. The van der Waals surface area contributed by atoms with Gasteiger partial charge in [-0.1, -0.05) is 34.8 Å². The molecule has 0 fully saturated rings. The van der Waals surface area contributed by atoms with Crippen LogP contribution in [0.2, 0.25) is 15.1 Å². The minimum absolute atomic E-state index is 0.268. The number of aromatic amines is 2. The summed E-state index contributed by atoms with van der Waals surface area (Å²) in [7, 11) is 0. The molecular weight excluding hydrogens is 421 g/mol. The van der Waals surface area contributed by atoms with Gasteiger partial charge in [-0.05, 0) is 44.2 Å². The van der Waals surface area contributed by atoms with Gasteiger partial charge in [0, 0.05) is 16.9 Å². The molecular formula is C19H14Cl3N5O. The molecule has 2 aromatic carbocycles. The summed E-state index contributed by atoms with van der Waals surface area (Å²) in [6.45, 7) is 3.67. The van der Waals surface area contributed by atoms with E-state index in [9.17, 15) is 4.79 Å². The Hall–Kier alpha value is -2.54. The van der Waals surface area contributed by atoms with Crippen molar-refractivity contribution in [3.8, 4) is 5.69 Å². The highest BCUT2D eigenvalue weighted by molar-refractivity contribution is 6.40. The molecule has 0 atom stereocenters. The van der Waals surface area contributed by atoms with Gasteiger partial charge in [-0.3, -0.25) is 14.9 Å². The molecule has 0 amide bonds. The van der Waals surface area contributed by atoms with E-state index >= 15 is 0 Å². The highest BCUT2D eigenvalue weighted by Gasteiger charge is 2.16. The number of hydrogen-bond donors (Lipinski definition) is 2. The van der Waals surface area contributed by atoms with Gasteiger partial charge >= 0.3 is 0 Å². The first-order chi connectivity index (χ1) is 13.3. The van der Waals surface area contributed by atoms with E-state index < -0.39 is 0 Å². The summed E-state index contributed by atoms with van der Waals surface area (Å²) in [5.41, 5.74) is 3.52. The smallest absolute Gasteiger partial charge is 0.280 e. The Balaban J connectivity index is 1.75. The first kappa shape index (κ1) is 18.8. The first-order valence-corrected chi connectivity index (χ1v) is 9.44. The predicted molar refractivity (Wildman–Crippen MR) is 114 cm³/mol. The fourth-order valence-corrected chi connectivity index (χ4v) is 3.95. The Bertz CT molecular complexity index is 1280. The monoisotopic (exact) mass is 433 g/mol. The standard InChI is InChI=1S/C19H14Cl3N5O/c1-9-13(8-23-12-3-4-16-17(7-12)25-10(2)24-16)19(28)27(26-9)18-14(21)5-11(20)6-15(18)22/h3-8,26H,1-2H3,(H,24,25). The average molecular weight is 435 g/mol. The van der Waals surface area contributed by atoms with Gasteiger partial charge in [0.2, 0.25) is 0 Å². The first-order valence-electron chi connectivity index (χ1n) is 8.30. The van der Waals surface area contributed by atoms with Crippen LogP contribution in [0.3, 0.4) is 0 Å². The third-order valence-electron chi connectivity index (χ3n) is 4.25. The number of halogens is 3. The molecule has 142 valence electrons. The van der Waals surface area contributed by atoms with Gasteiger partial charge < -0.3 is 4.98 Å². The number of aryl methyl sites for hydroxylation is 2. The van der Waals surface area contributed by atoms with Crippen LogP contribution in [0.1, 0.15) is 17.1 Å². The lowest BCUT2D eigenvalue weighted by atomic mass is 10.2. The summed E-state index contributed by atoms with van der Waals surface area (Å²) in [6, 6.07) is 8.65. The summed E-state index contributed by atoms with van der Waals surface area (Å²) >= 11 is 18.4. The minimum Gasteiger partial charge on any atom is -0.342 e. The molecule has 0 saturated heterocycles. The number of benzene rings is 2. The second kappa shape index (κ2) is 7.13. The van der Waals surface area contributed by atoms with Gasteiger partial charge in [0.25, 0.3) is 5.56 Å². The van der Waals surface area contributed by atoms with Crippen molar-refractivity contribution in [2.24, 2.45) is 4.99 Å². The van der Waals surface area contributed by atoms with Crippen molar-refractivity contribution >= 4 is 57.7 Å². The van der Waals surface area contributed by atoms with Gasteiger partial charge in [-0.25, -0.2) is 9.67 Å². The lowest BCUT2D eigenvalue weighted by Crippen LogP contribution is -2.18. The molecule has 2 N–H and O–H groups in total. The second-order valence-electron chi connectivity index (χ2n) is 6.29. The zero-order chi connectivity index (χ0) is 20.0. The Kier molecular flexibility index (Phi) is 4.79. The second-order valence-corrected chi connectivity index (χ2v) is 7.54. The maximum atomic E-state index is 12.9. The Labute approximate surface area is 174 Å². The molecule has 28 heavy (non-hydrogen) atoms. The molecule has 2 heterocycles. The molecule has 4 rings (SSSR count). The Morgan fingerprint density at radius 3 is 2.54 bits per heavy atom. The molecule has 4 aromatic rings. The third kappa shape index (κ3) is 3.35. The maximum absolute atomic E-state index is 12.9.